The third-order valence-corrected chi connectivity index (χ3v) is 8.47. The Kier molecular flexibility index (Phi) is 6.69. The molecule has 1 aliphatic rings. The van der Waals surface area contributed by atoms with E-state index in [1.807, 2.05) is 61.5 Å². The summed E-state index contributed by atoms with van der Waals surface area (Å²) in [6.07, 6.45) is 1.63. The SMILES string of the molecule is CCOc1ccc2[nH]c(=O)c(C(c3nnnn3Cc3ccco3)N3CCN(c4nc5ccccc5s4)CC3)cc2c1. The highest BCUT2D eigenvalue weighted by Gasteiger charge is 2.33. The number of para-hydroxylation sites is 1. The average molecular weight is 569 g/mol. The van der Waals surface area contributed by atoms with Crippen LogP contribution in [-0.4, -0.2) is 67.9 Å². The molecule has 12 heteroatoms. The van der Waals surface area contributed by atoms with E-state index in [2.05, 4.69) is 36.4 Å². The van der Waals surface area contributed by atoms with Crippen molar-refractivity contribution in [2.24, 2.45) is 0 Å². The van der Waals surface area contributed by atoms with Gasteiger partial charge < -0.3 is 19.0 Å². The predicted molar refractivity (Wildman–Crippen MR) is 157 cm³/mol. The van der Waals surface area contributed by atoms with Crippen molar-refractivity contribution < 1.29 is 9.15 Å². The van der Waals surface area contributed by atoms with Crippen LogP contribution in [-0.2, 0) is 6.54 Å². The molecular weight excluding hydrogens is 540 g/mol. The largest absolute Gasteiger partial charge is 0.494 e. The van der Waals surface area contributed by atoms with Crippen LogP contribution in [0, 0.1) is 0 Å². The first kappa shape index (κ1) is 25.4. The number of H-pyrrole nitrogens is 1. The molecule has 1 N–H and O–H groups in total. The van der Waals surface area contributed by atoms with Gasteiger partial charge in [0.1, 0.15) is 24.1 Å². The summed E-state index contributed by atoms with van der Waals surface area (Å²) in [5, 5.41) is 14.6. The third kappa shape index (κ3) is 4.96. The minimum atomic E-state index is -0.471. The fraction of sp³-hybridized carbons (Fsp3) is 0.276. The van der Waals surface area contributed by atoms with Crippen molar-refractivity contribution in [3.05, 3.63) is 94.4 Å². The van der Waals surface area contributed by atoms with Crippen molar-refractivity contribution in [2.75, 3.05) is 37.7 Å². The molecule has 11 nitrogen and oxygen atoms in total. The number of nitrogens with one attached hydrogen (secondary N) is 1. The molecule has 0 bridgehead atoms. The first-order chi connectivity index (χ1) is 20.2. The van der Waals surface area contributed by atoms with Crippen LogP contribution in [0.5, 0.6) is 5.75 Å². The van der Waals surface area contributed by atoms with Gasteiger partial charge in [0.2, 0.25) is 0 Å². The van der Waals surface area contributed by atoms with Gasteiger partial charge in [-0.05, 0) is 65.9 Å². The van der Waals surface area contributed by atoms with Crippen LogP contribution < -0.4 is 15.2 Å². The van der Waals surface area contributed by atoms with Crippen LogP contribution in [0.25, 0.3) is 21.1 Å². The summed E-state index contributed by atoms with van der Waals surface area (Å²) in [7, 11) is 0. The lowest BCUT2D eigenvalue weighted by atomic mass is 10.0. The number of fused-ring (bicyclic) bond motifs is 2. The highest BCUT2D eigenvalue weighted by Crippen LogP contribution is 2.32. The van der Waals surface area contributed by atoms with Crippen molar-refractivity contribution in [3.63, 3.8) is 0 Å². The van der Waals surface area contributed by atoms with E-state index in [4.69, 9.17) is 14.1 Å². The quantitative estimate of drug-likeness (QED) is 0.290. The molecule has 0 spiro atoms. The molecule has 1 saturated heterocycles. The number of aromatic amines is 1. The molecule has 0 amide bonds. The Bertz CT molecular complexity index is 1820. The van der Waals surface area contributed by atoms with Crippen LogP contribution in [0.15, 0.2) is 76.1 Å². The van der Waals surface area contributed by atoms with E-state index in [9.17, 15) is 4.79 Å². The number of rotatable bonds is 8. The number of ether oxygens (including phenoxy) is 1. The zero-order valence-electron chi connectivity index (χ0n) is 22.4. The second-order valence-electron chi connectivity index (χ2n) is 9.90. The number of aromatic nitrogens is 6. The van der Waals surface area contributed by atoms with Crippen molar-refractivity contribution in [2.45, 2.75) is 19.5 Å². The number of hydrogen-bond acceptors (Lipinski definition) is 10. The molecule has 0 radical (unpaired) electrons. The van der Waals surface area contributed by atoms with E-state index in [1.54, 1.807) is 22.3 Å². The van der Waals surface area contributed by atoms with Gasteiger partial charge in [0.05, 0.1) is 23.1 Å². The van der Waals surface area contributed by atoms with Gasteiger partial charge in [-0.15, -0.1) is 5.10 Å². The van der Waals surface area contributed by atoms with Crippen LogP contribution in [0.3, 0.4) is 0 Å². The van der Waals surface area contributed by atoms with Gasteiger partial charge in [0, 0.05) is 42.6 Å². The molecule has 4 aromatic heterocycles. The van der Waals surface area contributed by atoms with E-state index in [0.717, 1.165) is 46.2 Å². The third-order valence-electron chi connectivity index (χ3n) is 7.37. The lowest BCUT2D eigenvalue weighted by molar-refractivity contribution is 0.200. The van der Waals surface area contributed by atoms with Crippen LogP contribution in [0.1, 0.15) is 30.1 Å². The zero-order chi connectivity index (χ0) is 27.8. The highest BCUT2D eigenvalue weighted by molar-refractivity contribution is 7.22. The number of benzene rings is 2. The molecule has 0 saturated carbocycles. The smallest absolute Gasteiger partial charge is 0.253 e. The summed E-state index contributed by atoms with van der Waals surface area (Å²) < 4.78 is 14.2. The fourth-order valence-corrected chi connectivity index (χ4v) is 6.41. The molecule has 1 atom stereocenters. The van der Waals surface area contributed by atoms with Crippen LogP contribution in [0.2, 0.25) is 0 Å². The van der Waals surface area contributed by atoms with Crippen LogP contribution >= 0.6 is 11.3 Å². The minimum absolute atomic E-state index is 0.173. The Balaban J connectivity index is 1.25. The number of hydrogen-bond donors (Lipinski definition) is 1. The number of nitrogens with zero attached hydrogens (tertiary/aromatic N) is 7. The second kappa shape index (κ2) is 10.8. The Hall–Kier alpha value is -4.55. The highest BCUT2D eigenvalue weighted by atomic mass is 32.1. The van der Waals surface area contributed by atoms with Crippen molar-refractivity contribution >= 4 is 37.6 Å². The molecule has 7 rings (SSSR count). The maximum atomic E-state index is 13.6. The van der Waals surface area contributed by atoms with E-state index in [0.29, 0.717) is 37.6 Å². The first-order valence-corrected chi connectivity index (χ1v) is 14.4. The molecule has 5 heterocycles. The van der Waals surface area contributed by atoms with Gasteiger partial charge in [-0.1, -0.05) is 23.5 Å². The zero-order valence-corrected chi connectivity index (χ0v) is 23.3. The Labute approximate surface area is 239 Å². The van der Waals surface area contributed by atoms with Crippen LogP contribution in [0.4, 0.5) is 5.13 Å². The Morgan fingerprint density at radius 1 is 1.07 bits per heavy atom. The lowest BCUT2D eigenvalue weighted by Crippen LogP contribution is -2.49. The number of tetrazole rings is 1. The van der Waals surface area contributed by atoms with Gasteiger partial charge in [0.15, 0.2) is 11.0 Å². The Morgan fingerprint density at radius 3 is 2.76 bits per heavy atom. The van der Waals surface area contributed by atoms with Gasteiger partial charge in [-0.2, -0.15) is 0 Å². The predicted octanol–water partition coefficient (Wildman–Crippen LogP) is 4.08. The number of anilines is 1. The standard InChI is InChI=1S/C29H28N8O3S/c1-2-39-20-9-10-23-19(16-20)17-22(28(38)30-23)26(27-32-33-34-37(27)18-21-6-5-15-40-21)35-11-13-36(14-12-35)29-31-24-7-3-4-8-25(24)41-29/h3-10,15-17,26H,2,11-14,18H2,1H3,(H,30,38). The first-order valence-electron chi connectivity index (χ1n) is 13.6. The van der Waals surface area contributed by atoms with Gasteiger partial charge in [-0.3, -0.25) is 9.69 Å². The summed E-state index contributed by atoms with van der Waals surface area (Å²) in [6, 6.07) is 19.1. The van der Waals surface area contributed by atoms with E-state index in [1.165, 1.54) is 4.70 Å². The maximum Gasteiger partial charge on any atom is 0.253 e. The van der Waals surface area contributed by atoms with Crippen molar-refractivity contribution in [3.8, 4) is 5.75 Å². The average Bonchev–Trinajstić information content (AvgIpc) is 3.76. The normalized spacial score (nSPS) is 15.1. The van der Waals surface area contributed by atoms with Gasteiger partial charge >= 0.3 is 0 Å². The van der Waals surface area contributed by atoms with E-state index in [-0.39, 0.29) is 5.56 Å². The molecule has 2 aromatic carbocycles. The molecule has 1 unspecified atom stereocenters. The number of furan rings is 1. The number of pyridine rings is 1. The summed E-state index contributed by atoms with van der Waals surface area (Å²) in [6.45, 7) is 5.79. The summed E-state index contributed by atoms with van der Waals surface area (Å²) in [5.41, 5.74) is 2.17. The maximum absolute atomic E-state index is 13.6. The monoisotopic (exact) mass is 568 g/mol. The lowest BCUT2D eigenvalue weighted by Gasteiger charge is -2.38. The topological polar surface area (TPSA) is 118 Å². The van der Waals surface area contributed by atoms with Gasteiger partial charge in [-0.25, -0.2) is 9.67 Å². The summed E-state index contributed by atoms with van der Waals surface area (Å²) >= 11 is 1.70. The molecule has 1 aliphatic heterocycles. The van der Waals surface area contributed by atoms with E-state index < -0.39 is 6.04 Å². The molecule has 208 valence electrons. The molecule has 6 aromatic rings. The second-order valence-corrected chi connectivity index (χ2v) is 10.9. The molecule has 41 heavy (non-hydrogen) atoms. The summed E-state index contributed by atoms with van der Waals surface area (Å²) in [4.78, 5) is 26.1. The molecular formula is C29H28N8O3S. The van der Waals surface area contributed by atoms with Crippen molar-refractivity contribution in [1.29, 1.82) is 0 Å². The number of piperazine rings is 1. The fourth-order valence-electron chi connectivity index (χ4n) is 5.40. The van der Waals surface area contributed by atoms with Gasteiger partial charge in [0.25, 0.3) is 5.56 Å². The Morgan fingerprint density at radius 2 is 1.95 bits per heavy atom. The van der Waals surface area contributed by atoms with Crippen molar-refractivity contribution in [1.82, 2.24) is 35.1 Å². The minimum Gasteiger partial charge on any atom is -0.494 e. The number of thiazole rings is 1. The van der Waals surface area contributed by atoms with E-state index >= 15 is 0 Å². The molecule has 0 aliphatic carbocycles. The summed E-state index contributed by atoms with van der Waals surface area (Å²) in [5.74, 6) is 2.06. The molecule has 1 fully saturated rings.